The number of halogens is 1. The Labute approximate surface area is 176 Å². The van der Waals surface area contributed by atoms with Gasteiger partial charge >= 0.3 is 0 Å². The van der Waals surface area contributed by atoms with Crippen LogP contribution in [0.3, 0.4) is 0 Å². The molecule has 0 bridgehead atoms. The number of nitrogens with one attached hydrogen (secondary N) is 1. The number of para-hydroxylation sites is 1. The van der Waals surface area contributed by atoms with Crippen LogP contribution in [0.5, 0.6) is 5.75 Å². The van der Waals surface area contributed by atoms with Crippen molar-refractivity contribution in [2.75, 3.05) is 5.32 Å². The zero-order valence-electron chi connectivity index (χ0n) is 16.4. The number of nitrogens with zero attached hydrogens (tertiary/aromatic N) is 2. The molecule has 2 aromatic heterocycles. The van der Waals surface area contributed by atoms with Gasteiger partial charge in [0, 0.05) is 11.1 Å². The molecule has 2 heterocycles. The van der Waals surface area contributed by atoms with Crippen molar-refractivity contribution < 1.29 is 18.7 Å². The standard InChI is InChI=1S/C21H21FN4O3S/c1-12-6-7-13-17(10-12)30-21(18(13)19(23)27)24-20(28)15-8-9-26(25-15)11-29-16-5-3-2-4-14(16)22/h2-5,8-9,12H,6-7,10-11H2,1H3,(H2,23,27)(H,24,28)/t12-/m1/s1. The Morgan fingerprint density at radius 1 is 1.37 bits per heavy atom. The number of hydrogen-bond donors (Lipinski definition) is 2. The van der Waals surface area contributed by atoms with Gasteiger partial charge in [-0.1, -0.05) is 19.1 Å². The molecule has 9 heteroatoms. The van der Waals surface area contributed by atoms with Crippen molar-refractivity contribution in [3.8, 4) is 5.75 Å². The van der Waals surface area contributed by atoms with Crippen molar-refractivity contribution in [1.29, 1.82) is 0 Å². The first-order valence-electron chi connectivity index (χ1n) is 9.59. The second-order valence-electron chi connectivity index (χ2n) is 7.32. The van der Waals surface area contributed by atoms with E-state index >= 15 is 0 Å². The molecular weight excluding hydrogens is 407 g/mol. The highest BCUT2D eigenvalue weighted by molar-refractivity contribution is 7.17. The minimum atomic E-state index is -0.541. The molecule has 0 saturated heterocycles. The van der Waals surface area contributed by atoms with E-state index in [0.29, 0.717) is 16.5 Å². The SMILES string of the molecule is C[C@@H]1CCc2c(sc(NC(=O)c3ccn(COc4ccccc4F)n3)c2C(N)=O)C1. The fourth-order valence-electron chi connectivity index (χ4n) is 3.52. The molecule has 7 nitrogen and oxygen atoms in total. The highest BCUT2D eigenvalue weighted by Gasteiger charge is 2.27. The van der Waals surface area contributed by atoms with Crippen LogP contribution in [0.2, 0.25) is 0 Å². The van der Waals surface area contributed by atoms with Gasteiger partial charge in [-0.2, -0.15) is 5.10 Å². The summed E-state index contributed by atoms with van der Waals surface area (Å²) in [5, 5.41) is 7.41. The lowest BCUT2D eigenvalue weighted by Gasteiger charge is -2.18. The first-order valence-corrected chi connectivity index (χ1v) is 10.4. The molecule has 1 aromatic carbocycles. The summed E-state index contributed by atoms with van der Waals surface area (Å²) in [6.07, 6.45) is 4.21. The van der Waals surface area contributed by atoms with Gasteiger partial charge in [-0.15, -0.1) is 11.3 Å². The molecule has 156 valence electrons. The summed E-state index contributed by atoms with van der Waals surface area (Å²) < 4.78 is 20.4. The molecule has 2 amide bonds. The average Bonchev–Trinajstić information content (AvgIpc) is 3.31. The Hall–Kier alpha value is -3.20. The molecule has 0 spiro atoms. The van der Waals surface area contributed by atoms with Crippen LogP contribution in [0.15, 0.2) is 36.5 Å². The van der Waals surface area contributed by atoms with Gasteiger partial charge in [0.25, 0.3) is 11.8 Å². The van der Waals surface area contributed by atoms with E-state index in [-0.39, 0.29) is 18.2 Å². The quantitative estimate of drug-likeness (QED) is 0.627. The predicted octanol–water partition coefficient (Wildman–Crippen LogP) is 3.60. The molecule has 30 heavy (non-hydrogen) atoms. The Morgan fingerprint density at radius 2 is 2.17 bits per heavy atom. The number of fused-ring (bicyclic) bond motifs is 1. The lowest BCUT2D eigenvalue weighted by atomic mass is 9.88. The van der Waals surface area contributed by atoms with Gasteiger partial charge in [0.15, 0.2) is 24.0 Å². The molecular formula is C21H21FN4O3S. The predicted molar refractivity (Wildman–Crippen MR) is 111 cm³/mol. The number of benzene rings is 1. The third-order valence-electron chi connectivity index (χ3n) is 5.05. The normalized spacial score (nSPS) is 15.5. The lowest BCUT2D eigenvalue weighted by molar-refractivity contribution is 0.1000. The summed E-state index contributed by atoms with van der Waals surface area (Å²) in [5.41, 5.74) is 7.10. The van der Waals surface area contributed by atoms with Crippen molar-refractivity contribution in [3.63, 3.8) is 0 Å². The Kier molecular flexibility index (Phi) is 5.54. The number of carbonyl (C=O) groups excluding carboxylic acids is 2. The third kappa shape index (κ3) is 4.06. The Morgan fingerprint density at radius 3 is 2.93 bits per heavy atom. The van der Waals surface area contributed by atoms with Crippen molar-refractivity contribution >= 4 is 28.2 Å². The highest BCUT2D eigenvalue weighted by atomic mass is 32.1. The molecule has 0 fully saturated rings. The van der Waals surface area contributed by atoms with Crippen molar-refractivity contribution in [1.82, 2.24) is 9.78 Å². The van der Waals surface area contributed by atoms with Crippen LogP contribution < -0.4 is 15.8 Å². The van der Waals surface area contributed by atoms with Crippen LogP contribution in [-0.2, 0) is 19.6 Å². The molecule has 0 aliphatic heterocycles. The summed E-state index contributed by atoms with van der Waals surface area (Å²) in [4.78, 5) is 25.8. The molecule has 3 N–H and O–H groups in total. The van der Waals surface area contributed by atoms with Crippen molar-refractivity contribution in [3.05, 3.63) is 64.0 Å². The fourth-order valence-corrected chi connectivity index (χ4v) is 4.93. The number of rotatable bonds is 6. The van der Waals surface area contributed by atoms with Crippen LogP contribution in [0.1, 0.15) is 44.6 Å². The monoisotopic (exact) mass is 428 g/mol. The number of nitrogens with two attached hydrogens (primary N) is 1. The number of anilines is 1. The molecule has 0 radical (unpaired) electrons. The molecule has 0 saturated carbocycles. The summed E-state index contributed by atoms with van der Waals surface area (Å²) in [6, 6.07) is 7.58. The van der Waals surface area contributed by atoms with Crippen molar-refractivity contribution in [2.45, 2.75) is 32.9 Å². The second kappa shape index (κ2) is 8.27. The largest absolute Gasteiger partial charge is 0.468 e. The summed E-state index contributed by atoms with van der Waals surface area (Å²) in [5.74, 6) is -0.832. The lowest BCUT2D eigenvalue weighted by Crippen LogP contribution is -2.19. The summed E-state index contributed by atoms with van der Waals surface area (Å²) in [7, 11) is 0. The first-order chi connectivity index (χ1) is 14.4. The van der Waals surface area contributed by atoms with E-state index in [4.69, 9.17) is 10.5 Å². The van der Waals surface area contributed by atoms with Gasteiger partial charge in [0.2, 0.25) is 0 Å². The van der Waals surface area contributed by atoms with Gasteiger partial charge in [-0.3, -0.25) is 9.59 Å². The van der Waals surface area contributed by atoms with Gasteiger partial charge in [-0.05, 0) is 48.9 Å². The van der Waals surface area contributed by atoms with E-state index in [1.165, 1.54) is 34.2 Å². The smallest absolute Gasteiger partial charge is 0.276 e. The minimum absolute atomic E-state index is 0.0497. The zero-order valence-corrected chi connectivity index (χ0v) is 17.2. The second-order valence-corrected chi connectivity index (χ2v) is 8.42. The van der Waals surface area contributed by atoms with Crippen LogP contribution in [0.4, 0.5) is 9.39 Å². The number of primary amides is 1. The maximum Gasteiger partial charge on any atom is 0.276 e. The van der Waals surface area contributed by atoms with E-state index in [9.17, 15) is 14.0 Å². The molecule has 1 aliphatic rings. The molecule has 1 aliphatic carbocycles. The molecule has 4 rings (SSSR count). The number of aromatic nitrogens is 2. The van der Waals surface area contributed by atoms with Crippen LogP contribution in [0.25, 0.3) is 0 Å². The maximum absolute atomic E-state index is 13.6. The zero-order chi connectivity index (χ0) is 21.3. The van der Waals surface area contributed by atoms with Crippen molar-refractivity contribution in [2.24, 2.45) is 11.7 Å². The van der Waals surface area contributed by atoms with Gasteiger partial charge in [-0.25, -0.2) is 9.07 Å². The van der Waals surface area contributed by atoms with Crippen LogP contribution >= 0.6 is 11.3 Å². The number of hydrogen-bond acceptors (Lipinski definition) is 5. The van der Waals surface area contributed by atoms with Gasteiger partial charge < -0.3 is 15.8 Å². The van der Waals surface area contributed by atoms with Gasteiger partial charge in [0.1, 0.15) is 5.00 Å². The summed E-state index contributed by atoms with van der Waals surface area (Å²) >= 11 is 1.40. The highest BCUT2D eigenvalue weighted by Crippen LogP contribution is 2.39. The molecule has 0 unspecified atom stereocenters. The van der Waals surface area contributed by atoms with Crippen LogP contribution in [-0.4, -0.2) is 21.6 Å². The van der Waals surface area contributed by atoms with Crippen LogP contribution in [0, 0.1) is 11.7 Å². The van der Waals surface area contributed by atoms with E-state index < -0.39 is 17.6 Å². The Bertz CT molecular complexity index is 1110. The number of carbonyl (C=O) groups is 2. The van der Waals surface area contributed by atoms with Gasteiger partial charge in [0.05, 0.1) is 5.56 Å². The molecule has 1 atom stereocenters. The fraction of sp³-hybridized carbons (Fsp3) is 0.286. The van der Waals surface area contributed by atoms with E-state index in [1.54, 1.807) is 18.3 Å². The first kappa shape index (κ1) is 20.1. The Balaban J connectivity index is 1.47. The summed E-state index contributed by atoms with van der Waals surface area (Å²) in [6.45, 7) is 2.12. The van der Waals surface area contributed by atoms with E-state index in [1.807, 2.05) is 0 Å². The third-order valence-corrected chi connectivity index (χ3v) is 6.22. The number of amides is 2. The average molecular weight is 428 g/mol. The maximum atomic E-state index is 13.6. The minimum Gasteiger partial charge on any atom is -0.468 e. The molecule has 3 aromatic rings. The van der Waals surface area contributed by atoms with E-state index in [2.05, 4.69) is 17.3 Å². The topological polar surface area (TPSA) is 99.2 Å². The number of thiophene rings is 1. The number of ether oxygens (including phenoxy) is 1. The van der Waals surface area contributed by atoms with E-state index in [0.717, 1.165) is 29.7 Å².